The van der Waals surface area contributed by atoms with Crippen molar-refractivity contribution in [3.8, 4) is 0 Å². The number of carbonyl (C=O) groups is 2. The van der Waals surface area contributed by atoms with Gasteiger partial charge in [0.1, 0.15) is 0 Å². The predicted molar refractivity (Wildman–Crippen MR) is 157 cm³/mol. The van der Waals surface area contributed by atoms with Crippen molar-refractivity contribution in [1.29, 1.82) is 0 Å². The molecule has 1 N–H and O–H groups in total. The fourth-order valence-electron chi connectivity index (χ4n) is 5.33. The molecule has 0 fully saturated rings. The van der Waals surface area contributed by atoms with Crippen molar-refractivity contribution in [3.63, 3.8) is 0 Å². The Hall–Kier alpha value is -4.32. The topological polar surface area (TPSA) is 121 Å². The van der Waals surface area contributed by atoms with E-state index in [0.717, 1.165) is 28.8 Å². The van der Waals surface area contributed by atoms with Crippen LogP contribution in [0.25, 0.3) is 0 Å². The van der Waals surface area contributed by atoms with E-state index in [9.17, 15) is 26.4 Å². The number of hydrogen-bond acceptors (Lipinski definition) is 6. The Morgan fingerprint density at radius 2 is 1.38 bits per heavy atom. The van der Waals surface area contributed by atoms with E-state index in [2.05, 4.69) is 0 Å². The van der Waals surface area contributed by atoms with Crippen LogP contribution in [0.2, 0.25) is 0 Å². The molecule has 0 radical (unpaired) electrons. The van der Waals surface area contributed by atoms with Crippen molar-refractivity contribution in [2.24, 2.45) is 0 Å². The lowest BCUT2D eigenvalue weighted by atomic mass is 10.0. The summed E-state index contributed by atoms with van der Waals surface area (Å²) in [6.07, 6.45) is 0.586. The molecule has 2 heterocycles. The molecule has 0 aromatic heterocycles. The lowest BCUT2D eigenvalue weighted by molar-refractivity contribution is 0.0956. The summed E-state index contributed by atoms with van der Waals surface area (Å²) < 4.78 is 56.2. The van der Waals surface area contributed by atoms with Gasteiger partial charge in [-0.2, -0.15) is 4.31 Å². The van der Waals surface area contributed by atoms with Crippen LogP contribution in [0.3, 0.4) is 0 Å². The zero-order valence-corrected chi connectivity index (χ0v) is 24.3. The zero-order valence-electron chi connectivity index (χ0n) is 22.6. The molecule has 0 atom stereocenters. The summed E-state index contributed by atoms with van der Waals surface area (Å²) in [4.78, 5) is 27.7. The van der Waals surface area contributed by atoms with Crippen LogP contribution in [0.5, 0.6) is 0 Å². The maximum Gasteiger partial charge on any atom is 0.265 e. The van der Waals surface area contributed by atoms with Crippen molar-refractivity contribution in [2.75, 3.05) is 11.4 Å². The molecule has 42 heavy (non-hydrogen) atoms. The molecule has 6 rings (SSSR count). The van der Waals surface area contributed by atoms with E-state index in [4.69, 9.17) is 0 Å². The molecular weight excluding hydrogens is 574 g/mol. The van der Waals surface area contributed by atoms with Gasteiger partial charge < -0.3 is 4.90 Å². The maximum atomic E-state index is 13.3. The van der Waals surface area contributed by atoms with Crippen LogP contribution in [0.4, 0.5) is 5.69 Å². The maximum absolute atomic E-state index is 13.3. The van der Waals surface area contributed by atoms with Crippen LogP contribution in [-0.2, 0) is 39.6 Å². The molecule has 9 nitrogen and oxygen atoms in total. The SMILES string of the molecule is Cc1ccc(N2Cc3cccc(C(=O)NS(=O)(=O)c4ccc(S(=O)(=O)N5CCc6ccccc6C5)cc4)c3C2=O)cc1. The van der Waals surface area contributed by atoms with Gasteiger partial charge in [0.15, 0.2) is 0 Å². The number of hydrogen-bond donors (Lipinski definition) is 1. The van der Waals surface area contributed by atoms with Crippen LogP contribution >= 0.6 is 0 Å². The monoisotopic (exact) mass is 601 g/mol. The third-order valence-electron chi connectivity index (χ3n) is 7.62. The number of carbonyl (C=O) groups excluding carboxylic acids is 2. The summed E-state index contributed by atoms with van der Waals surface area (Å²) in [5, 5.41) is 0. The van der Waals surface area contributed by atoms with Crippen molar-refractivity contribution < 1.29 is 26.4 Å². The lowest BCUT2D eigenvalue weighted by Gasteiger charge is -2.28. The second-order valence-electron chi connectivity index (χ2n) is 10.3. The number of anilines is 1. The summed E-state index contributed by atoms with van der Waals surface area (Å²) >= 11 is 0. The molecule has 2 amide bonds. The molecule has 0 saturated carbocycles. The first-order valence-electron chi connectivity index (χ1n) is 13.3. The number of sulfonamides is 2. The van der Waals surface area contributed by atoms with Crippen molar-refractivity contribution in [1.82, 2.24) is 9.03 Å². The fraction of sp³-hybridized carbons (Fsp3) is 0.161. The largest absolute Gasteiger partial charge is 0.304 e. The van der Waals surface area contributed by atoms with E-state index in [1.807, 2.05) is 60.2 Å². The van der Waals surface area contributed by atoms with Gasteiger partial charge in [0, 0.05) is 18.8 Å². The van der Waals surface area contributed by atoms with Gasteiger partial charge in [-0.05, 0) is 72.5 Å². The summed E-state index contributed by atoms with van der Waals surface area (Å²) in [6.45, 7) is 2.74. The molecule has 214 valence electrons. The number of nitrogens with one attached hydrogen (secondary N) is 1. The minimum absolute atomic E-state index is 0.0465. The average Bonchev–Trinajstić information content (AvgIpc) is 3.33. The number of benzene rings is 4. The first-order chi connectivity index (χ1) is 20.0. The van der Waals surface area contributed by atoms with Crippen LogP contribution in [0.1, 0.15) is 43.0 Å². The third-order valence-corrected chi connectivity index (χ3v) is 10.8. The lowest BCUT2D eigenvalue weighted by Crippen LogP contribution is -2.36. The van der Waals surface area contributed by atoms with Crippen molar-refractivity contribution in [3.05, 3.63) is 124 Å². The van der Waals surface area contributed by atoms with Crippen molar-refractivity contribution in [2.45, 2.75) is 36.2 Å². The molecule has 0 saturated heterocycles. The number of aryl methyl sites for hydroxylation is 1. The smallest absolute Gasteiger partial charge is 0.265 e. The van der Waals surface area contributed by atoms with E-state index < -0.39 is 31.9 Å². The normalized spacial score (nSPS) is 15.3. The van der Waals surface area contributed by atoms with Gasteiger partial charge in [0.05, 0.1) is 27.5 Å². The summed E-state index contributed by atoms with van der Waals surface area (Å²) in [6, 6.07) is 24.5. The Kier molecular flexibility index (Phi) is 6.96. The molecule has 2 aliphatic rings. The Bertz CT molecular complexity index is 1940. The van der Waals surface area contributed by atoms with Gasteiger partial charge in [-0.3, -0.25) is 9.59 Å². The van der Waals surface area contributed by atoms with E-state index in [-0.39, 0.29) is 34.0 Å². The van der Waals surface area contributed by atoms with Gasteiger partial charge in [-0.15, -0.1) is 0 Å². The molecule has 4 aromatic rings. The minimum atomic E-state index is -4.37. The van der Waals surface area contributed by atoms with Crippen LogP contribution in [-0.4, -0.2) is 39.5 Å². The van der Waals surface area contributed by atoms with E-state index >= 15 is 0 Å². The van der Waals surface area contributed by atoms with Crippen molar-refractivity contribution >= 4 is 37.5 Å². The first kappa shape index (κ1) is 27.8. The van der Waals surface area contributed by atoms with Gasteiger partial charge in [-0.25, -0.2) is 21.6 Å². The Morgan fingerprint density at radius 1 is 0.738 bits per heavy atom. The second kappa shape index (κ2) is 10.5. The van der Waals surface area contributed by atoms with Crippen LogP contribution in [0.15, 0.2) is 101 Å². The van der Waals surface area contributed by atoms with E-state index in [0.29, 0.717) is 24.2 Å². The number of nitrogens with zero attached hydrogens (tertiary/aromatic N) is 2. The standard InChI is InChI=1S/C31H27N3O6S2/c1-21-9-11-25(12-10-21)34-20-24-7-4-8-28(29(24)31(34)36)30(35)32-41(37,38)26-13-15-27(16-14-26)42(39,40)33-18-17-22-5-2-3-6-23(22)19-33/h2-16H,17-20H2,1H3,(H,32,35). The molecule has 0 unspecified atom stereocenters. The molecule has 4 aromatic carbocycles. The number of amides is 2. The fourth-order valence-corrected chi connectivity index (χ4v) is 7.72. The Morgan fingerprint density at radius 3 is 2.10 bits per heavy atom. The molecule has 11 heteroatoms. The minimum Gasteiger partial charge on any atom is -0.304 e. The van der Waals surface area contributed by atoms with Gasteiger partial charge in [0.25, 0.3) is 21.8 Å². The molecule has 0 bridgehead atoms. The average molecular weight is 602 g/mol. The summed E-state index contributed by atoms with van der Waals surface area (Å²) in [7, 11) is -8.24. The Labute approximate surface area is 244 Å². The van der Waals surface area contributed by atoms with Gasteiger partial charge >= 0.3 is 0 Å². The molecular formula is C31H27N3O6S2. The highest BCUT2D eigenvalue weighted by Gasteiger charge is 2.34. The Balaban J connectivity index is 1.20. The van der Waals surface area contributed by atoms with Crippen LogP contribution < -0.4 is 9.62 Å². The van der Waals surface area contributed by atoms with E-state index in [1.165, 1.54) is 27.4 Å². The summed E-state index contributed by atoms with van der Waals surface area (Å²) in [5.74, 6) is -1.35. The summed E-state index contributed by atoms with van der Waals surface area (Å²) in [5.41, 5.74) is 4.45. The number of fused-ring (bicyclic) bond motifs is 2. The zero-order chi connectivity index (χ0) is 29.6. The third kappa shape index (κ3) is 5.00. The predicted octanol–water partition coefficient (Wildman–Crippen LogP) is 4.02. The highest BCUT2D eigenvalue weighted by atomic mass is 32.2. The highest BCUT2D eigenvalue weighted by molar-refractivity contribution is 7.90. The van der Waals surface area contributed by atoms with Gasteiger partial charge in [0.2, 0.25) is 10.0 Å². The second-order valence-corrected chi connectivity index (χ2v) is 14.0. The quantitative estimate of drug-likeness (QED) is 0.357. The first-order valence-corrected chi connectivity index (χ1v) is 16.2. The molecule has 0 aliphatic carbocycles. The molecule has 2 aliphatic heterocycles. The number of rotatable bonds is 6. The van der Waals surface area contributed by atoms with E-state index in [1.54, 1.807) is 12.1 Å². The van der Waals surface area contributed by atoms with Crippen LogP contribution in [0, 0.1) is 6.92 Å². The van der Waals surface area contributed by atoms with Gasteiger partial charge in [-0.1, -0.05) is 54.1 Å². The molecule has 0 spiro atoms. The highest BCUT2D eigenvalue weighted by Crippen LogP contribution is 2.31.